The van der Waals surface area contributed by atoms with Gasteiger partial charge in [-0.2, -0.15) is 0 Å². The van der Waals surface area contributed by atoms with Crippen molar-refractivity contribution in [2.24, 2.45) is 5.73 Å². The highest BCUT2D eigenvalue weighted by atomic mass is 16.3. The summed E-state index contributed by atoms with van der Waals surface area (Å²) < 4.78 is 0. The van der Waals surface area contributed by atoms with Crippen LogP contribution in [0.3, 0.4) is 0 Å². The summed E-state index contributed by atoms with van der Waals surface area (Å²) >= 11 is 0. The summed E-state index contributed by atoms with van der Waals surface area (Å²) in [4.78, 5) is 0. The van der Waals surface area contributed by atoms with Crippen LogP contribution in [-0.2, 0) is 5.41 Å². The van der Waals surface area contributed by atoms with Crippen molar-refractivity contribution in [3.8, 4) is 0 Å². The molecule has 0 bridgehead atoms. The molecule has 0 radical (unpaired) electrons. The third-order valence-electron chi connectivity index (χ3n) is 3.18. The lowest BCUT2D eigenvalue weighted by Gasteiger charge is -2.38. The molecule has 2 nitrogen and oxygen atoms in total. The normalized spacial score (nSPS) is 29.7. The lowest BCUT2D eigenvalue weighted by Crippen LogP contribution is -2.39. The monoisotopic (exact) mass is 191 g/mol. The molecule has 0 aliphatic heterocycles. The quantitative estimate of drug-likeness (QED) is 0.656. The summed E-state index contributed by atoms with van der Waals surface area (Å²) in [6.45, 7) is 4.31. The zero-order valence-corrected chi connectivity index (χ0v) is 8.70. The van der Waals surface area contributed by atoms with Gasteiger partial charge in [-0.1, -0.05) is 38.1 Å². The van der Waals surface area contributed by atoms with E-state index in [1.54, 1.807) is 0 Å². The molecule has 2 atom stereocenters. The number of aliphatic hydroxyl groups excluding tert-OH is 1. The average molecular weight is 191 g/mol. The maximum Gasteiger partial charge on any atom is 0.0741 e. The number of rotatable bonds is 0. The third-order valence-corrected chi connectivity index (χ3v) is 3.18. The summed E-state index contributed by atoms with van der Waals surface area (Å²) in [6.07, 6.45) is 0.324. The van der Waals surface area contributed by atoms with E-state index in [0.717, 1.165) is 12.0 Å². The Kier molecular flexibility index (Phi) is 2.13. The number of fused-ring (bicyclic) bond motifs is 1. The van der Waals surface area contributed by atoms with Gasteiger partial charge in [-0.3, -0.25) is 0 Å². The van der Waals surface area contributed by atoms with Crippen molar-refractivity contribution in [1.82, 2.24) is 0 Å². The molecule has 0 heterocycles. The molecule has 14 heavy (non-hydrogen) atoms. The molecule has 1 aromatic carbocycles. The second kappa shape index (κ2) is 3.07. The Morgan fingerprint density at radius 1 is 1.36 bits per heavy atom. The summed E-state index contributed by atoms with van der Waals surface area (Å²) in [5.74, 6) is 0. The summed E-state index contributed by atoms with van der Waals surface area (Å²) in [5.41, 5.74) is 8.36. The number of benzene rings is 1. The molecular weight excluding hydrogens is 174 g/mol. The number of hydrogen-bond acceptors (Lipinski definition) is 2. The Labute approximate surface area is 84.7 Å². The first kappa shape index (κ1) is 9.69. The molecule has 1 aromatic rings. The van der Waals surface area contributed by atoms with Crippen molar-refractivity contribution >= 4 is 0 Å². The summed E-state index contributed by atoms with van der Waals surface area (Å²) in [5, 5.41) is 9.84. The SMILES string of the molecule is CC1(C)CC(O)[C@H](N)c2ccccc21. The van der Waals surface area contributed by atoms with E-state index in [-0.39, 0.29) is 11.5 Å². The molecular formula is C12H17NO. The van der Waals surface area contributed by atoms with Gasteiger partial charge >= 0.3 is 0 Å². The van der Waals surface area contributed by atoms with Crippen LogP contribution in [0.4, 0.5) is 0 Å². The van der Waals surface area contributed by atoms with Crippen LogP contribution in [-0.4, -0.2) is 11.2 Å². The van der Waals surface area contributed by atoms with E-state index < -0.39 is 6.10 Å². The zero-order valence-electron chi connectivity index (χ0n) is 8.70. The fraction of sp³-hybridized carbons (Fsp3) is 0.500. The van der Waals surface area contributed by atoms with E-state index in [9.17, 15) is 5.11 Å². The Hall–Kier alpha value is -0.860. The molecule has 0 amide bonds. The predicted octanol–water partition coefficient (Wildman–Crippen LogP) is 1.73. The van der Waals surface area contributed by atoms with Crippen molar-refractivity contribution in [2.45, 2.75) is 37.8 Å². The van der Waals surface area contributed by atoms with Gasteiger partial charge < -0.3 is 10.8 Å². The standard InChI is InChI=1S/C12H17NO/c1-12(2)7-10(14)11(13)8-5-3-4-6-9(8)12/h3-6,10-11,14H,7,13H2,1-2H3/t10?,11-/m1/s1. The van der Waals surface area contributed by atoms with Gasteiger partial charge in [0.25, 0.3) is 0 Å². The van der Waals surface area contributed by atoms with Crippen LogP contribution < -0.4 is 5.73 Å². The first-order valence-electron chi connectivity index (χ1n) is 5.05. The van der Waals surface area contributed by atoms with Gasteiger partial charge in [0.05, 0.1) is 12.1 Å². The highest BCUT2D eigenvalue weighted by Crippen LogP contribution is 2.40. The van der Waals surface area contributed by atoms with Crippen molar-refractivity contribution in [2.75, 3.05) is 0 Å². The molecule has 0 saturated heterocycles. The van der Waals surface area contributed by atoms with E-state index in [2.05, 4.69) is 19.9 Å². The van der Waals surface area contributed by atoms with Crippen molar-refractivity contribution in [1.29, 1.82) is 0 Å². The van der Waals surface area contributed by atoms with Crippen LogP contribution in [0.2, 0.25) is 0 Å². The molecule has 1 aliphatic carbocycles. The highest BCUT2D eigenvalue weighted by Gasteiger charge is 2.36. The molecule has 1 unspecified atom stereocenters. The first-order chi connectivity index (χ1) is 6.52. The Balaban J connectivity index is 2.56. The van der Waals surface area contributed by atoms with Crippen LogP contribution in [0.15, 0.2) is 24.3 Å². The summed E-state index contributed by atoms with van der Waals surface area (Å²) in [7, 11) is 0. The molecule has 0 saturated carbocycles. The van der Waals surface area contributed by atoms with E-state index >= 15 is 0 Å². The smallest absolute Gasteiger partial charge is 0.0741 e. The lowest BCUT2D eigenvalue weighted by atomic mass is 9.70. The van der Waals surface area contributed by atoms with Crippen molar-refractivity contribution in [3.63, 3.8) is 0 Å². The van der Waals surface area contributed by atoms with Gasteiger partial charge in [-0.15, -0.1) is 0 Å². The van der Waals surface area contributed by atoms with Crippen molar-refractivity contribution < 1.29 is 5.11 Å². The van der Waals surface area contributed by atoms with Crippen molar-refractivity contribution in [3.05, 3.63) is 35.4 Å². The fourth-order valence-corrected chi connectivity index (χ4v) is 2.37. The zero-order chi connectivity index (χ0) is 10.3. The van der Waals surface area contributed by atoms with Gasteiger partial charge in [0.1, 0.15) is 0 Å². The average Bonchev–Trinajstić information content (AvgIpc) is 2.14. The predicted molar refractivity (Wildman–Crippen MR) is 57.0 cm³/mol. The van der Waals surface area contributed by atoms with Crippen LogP contribution in [0.1, 0.15) is 37.4 Å². The molecule has 0 fully saturated rings. The Bertz CT molecular complexity index is 346. The second-order valence-electron chi connectivity index (χ2n) is 4.77. The molecule has 3 N–H and O–H groups in total. The lowest BCUT2D eigenvalue weighted by molar-refractivity contribution is 0.0995. The third kappa shape index (κ3) is 1.35. The van der Waals surface area contributed by atoms with Crippen LogP contribution in [0, 0.1) is 0 Å². The topological polar surface area (TPSA) is 46.2 Å². The Morgan fingerprint density at radius 3 is 2.71 bits per heavy atom. The molecule has 2 heteroatoms. The molecule has 0 spiro atoms. The second-order valence-corrected chi connectivity index (χ2v) is 4.77. The van der Waals surface area contributed by atoms with Gasteiger partial charge in [-0.05, 0) is 23.0 Å². The van der Waals surface area contributed by atoms with Crippen LogP contribution in [0.25, 0.3) is 0 Å². The number of aliphatic hydroxyl groups is 1. The molecule has 76 valence electrons. The van der Waals surface area contributed by atoms with E-state index in [4.69, 9.17) is 5.73 Å². The van der Waals surface area contributed by atoms with E-state index in [0.29, 0.717) is 0 Å². The van der Waals surface area contributed by atoms with Gasteiger partial charge in [-0.25, -0.2) is 0 Å². The Morgan fingerprint density at radius 2 is 2.00 bits per heavy atom. The largest absolute Gasteiger partial charge is 0.391 e. The first-order valence-corrected chi connectivity index (χ1v) is 5.05. The van der Waals surface area contributed by atoms with Crippen LogP contribution in [0.5, 0.6) is 0 Å². The minimum absolute atomic E-state index is 0.0336. The van der Waals surface area contributed by atoms with E-state index in [1.165, 1.54) is 5.56 Å². The maximum absolute atomic E-state index is 9.84. The highest BCUT2D eigenvalue weighted by molar-refractivity contribution is 5.38. The maximum atomic E-state index is 9.84. The van der Waals surface area contributed by atoms with E-state index in [1.807, 2.05) is 18.2 Å². The molecule has 2 rings (SSSR count). The fourth-order valence-electron chi connectivity index (χ4n) is 2.37. The number of hydrogen-bond donors (Lipinski definition) is 2. The van der Waals surface area contributed by atoms with Gasteiger partial charge in [0.2, 0.25) is 0 Å². The van der Waals surface area contributed by atoms with Crippen LogP contribution >= 0.6 is 0 Å². The van der Waals surface area contributed by atoms with Gasteiger partial charge in [0.15, 0.2) is 0 Å². The van der Waals surface area contributed by atoms with Gasteiger partial charge in [0, 0.05) is 0 Å². The molecule has 1 aliphatic rings. The minimum atomic E-state index is -0.417. The number of nitrogens with two attached hydrogens (primary N) is 1. The minimum Gasteiger partial charge on any atom is -0.391 e. The summed E-state index contributed by atoms with van der Waals surface area (Å²) in [6, 6.07) is 7.92. The molecule has 0 aromatic heterocycles.